The Bertz CT molecular complexity index is 770. The van der Waals surface area contributed by atoms with Crippen molar-refractivity contribution in [2.75, 3.05) is 12.9 Å². The number of nitrogens with one attached hydrogen (secondary N) is 1. The maximum absolute atomic E-state index is 11.1. The molecule has 2 atom stereocenters. The van der Waals surface area contributed by atoms with Crippen molar-refractivity contribution >= 4 is 29.3 Å². The average molecular weight is 380 g/mol. The average Bonchev–Trinajstić information content (AvgIpc) is 3.10. The molecule has 0 spiro atoms. The Morgan fingerprint density at radius 3 is 2.88 bits per heavy atom. The van der Waals surface area contributed by atoms with Crippen molar-refractivity contribution in [3.05, 3.63) is 58.6 Å². The molecule has 2 N–H and O–H groups in total. The van der Waals surface area contributed by atoms with Crippen molar-refractivity contribution < 1.29 is 19.4 Å². The third kappa shape index (κ3) is 4.39. The first-order chi connectivity index (χ1) is 12.1. The second kappa shape index (κ2) is 7.99. The Labute approximate surface area is 155 Å². The number of carboxylic acids is 1. The summed E-state index contributed by atoms with van der Waals surface area (Å²) in [5.74, 6) is 1.12. The smallest absolute Gasteiger partial charge is 0.321 e. The van der Waals surface area contributed by atoms with E-state index in [-0.39, 0.29) is 5.37 Å². The summed E-state index contributed by atoms with van der Waals surface area (Å²) in [6.07, 6.45) is 0. The fourth-order valence-electron chi connectivity index (χ4n) is 2.60. The molecule has 2 aromatic carbocycles. The van der Waals surface area contributed by atoms with Crippen LogP contribution in [0.5, 0.6) is 11.5 Å². The molecule has 0 aliphatic carbocycles. The number of ether oxygens (including phenoxy) is 2. The van der Waals surface area contributed by atoms with E-state index >= 15 is 0 Å². The van der Waals surface area contributed by atoms with Gasteiger partial charge in [-0.1, -0.05) is 23.7 Å². The van der Waals surface area contributed by atoms with E-state index in [2.05, 4.69) is 5.32 Å². The van der Waals surface area contributed by atoms with Crippen LogP contribution in [0.2, 0.25) is 5.02 Å². The first-order valence-electron chi connectivity index (χ1n) is 7.72. The highest BCUT2D eigenvalue weighted by atomic mass is 35.5. The van der Waals surface area contributed by atoms with E-state index in [1.807, 2.05) is 30.3 Å². The van der Waals surface area contributed by atoms with E-state index in [0.29, 0.717) is 23.1 Å². The molecule has 1 aliphatic rings. The highest BCUT2D eigenvalue weighted by Gasteiger charge is 2.30. The summed E-state index contributed by atoms with van der Waals surface area (Å²) >= 11 is 7.55. The Morgan fingerprint density at radius 1 is 1.36 bits per heavy atom. The number of benzene rings is 2. The summed E-state index contributed by atoms with van der Waals surface area (Å²) in [6, 6.07) is 12.5. The summed E-state index contributed by atoms with van der Waals surface area (Å²) in [4.78, 5) is 11.1. The normalized spacial score (nSPS) is 19.6. The minimum Gasteiger partial charge on any atom is -0.496 e. The number of carboxylic acid groups (broad SMARTS) is 1. The lowest BCUT2D eigenvalue weighted by atomic mass is 10.1. The van der Waals surface area contributed by atoms with Gasteiger partial charge in [0.1, 0.15) is 24.1 Å². The second-order valence-electron chi connectivity index (χ2n) is 5.59. The molecule has 0 amide bonds. The number of thioether (sulfide) groups is 1. The zero-order valence-electron chi connectivity index (χ0n) is 13.6. The summed E-state index contributed by atoms with van der Waals surface area (Å²) in [5, 5.41) is 12.8. The van der Waals surface area contributed by atoms with E-state index in [0.717, 1.165) is 16.9 Å². The van der Waals surface area contributed by atoms with E-state index < -0.39 is 12.0 Å². The fraction of sp³-hybridized carbons (Fsp3) is 0.278. The van der Waals surface area contributed by atoms with Crippen molar-refractivity contribution in [1.82, 2.24) is 5.32 Å². The summed E-state index contributed by atoms with van der Waals surface area (Å²) in [5.41, 5.74) is 1.89. The quantitative estimate of drug-likeness (QED) is 0.797. The molecule has 1 fully saturated rings. The third-order valence-electron chi connectivity index (χ3n) is 3.88. The van der Waals surface area contributed by atoms with E-state index in [4.69, 9.17) is 26.2 Å². The minimum atomic E-state index is -0.826. The molecule has 2 unspecified atom stereocenters. The van der Waals surface area contributed by atoms with Gasteiger partial charge in [-0.15, -0.1) is 11.8 Å². The number of methoxy groups -OCH3 is 1. The third-order valence-corrected chi connectivity index (χ3v) is 5.38. The van der Waals surface area contributed by atoms with Gasteiger partial charge in [-0.2, -0.15) is 0 Å². The van der Waals surface area contributed by atoms with Crippen LogP contribution in [0.25, 0.3) is 0 Å². The molecule has 2 aromatic rings. The maximum atomic E-state index is 11.1. The van der Waals surface area contributed by atoms with Gasteiger partial charge in [-0.05, 0) is 35.9 Å². The molecule has 7 heteroatoms. The van der Waals surface area contributed by atoms with Crippen molar-refractivity contribution in [3.63, 3.8) is 0 Å². The fourth-order valence-corrected chi connectivity index (χ4v) is 4.00. The summed E-state index contributed by atoms with van der Waals surface area (Å²) < 4.78 is 11.2. The molecule has 132 valence electrons. The van der Waals surface area contributed by atoms with Crippen LogP contribution in [-0.2, 0) is 11.4 Å². The van der Waals surface area contributed by atoms with E-state index in [1.165, 1.54) is 0 Å². The van der Waals surface area contributed by atoms with Crippen molar-refractivity contribution in [3.8, 4) is 11.5 Å². The highest BCUT2D eigenvalue weighted by molar-refractivity contribution is 7.99. The Hall–Kier alpha value is -1.89. The van der Waals surface area contributed by atoms with Crippen LogP contribution in [0.4, 0.5) is 0 Å². The van der Waals surface area contributed by atoms with Gasteiger partial charge in [0.25, 0.3) is 0 Å². The van der Waals surface area contributed by atoms with Crippen LogP contribution in [0.1, 0.15) is 16.5 Å². The topological polar surface area (TPSA) is 67.8 Å². The zero-order chi connectivity index (χ0) is 17.8. The van der Waals surface area contributed by atoms with E-state index in [9.17, 15) is 4.79 Å². The van der Waals surface area contributed by atoms with Gasteiger partial charge in [-0.3, -0.25) is 10.1 Å². The molecule has 0 bridgehead atoms. The predicted octanol–water partition coefficient (Wildman–Crippen LogP) is 3.72. The standard InChI is InChI=1S/C18H18ClNO4S/c1-23-16-6-5-11(17-20-15(10-25-17)18(21)22)7-12(16)9-24-14-4-2-3-13(19)8-14/h2-8,15,17,20H,9-10H2,1H3,(H,21,22). The number of hydrogen-bond acceptors (Lipinski definition) is 5. The van der Waals surface area contributed by atoms with Gasteiger partial charge in [0, 0.05) is 16.3 Å². The van der Waals surface area contributed by atoms with Crippen molar-refractivity contribution in [2.45, 2.75) is 18.0 Å². The Morgan fingerprint density at radius 2 is 2.20 bits per heavy atom. The summed E-state index contributed by atoms with van der Waals surface area (Å²) in [6.45, 7) is 0.330. The lowest BCUT2D eigenvalue weighted by molar-refractivity contribution is -0.138. The van der Waals surface area contributed by atoms with Gasteiger partial charge in [0.2, 0.25) is 0 Å². The number of carbonyl (C=O) groups is 1. The maximum Gasteiger partial charge on any atom is 0.321 e. The molecule has 0 aromatic heterocycles. The number of hydrogen-bond donors (Lipinski definition) is 2. The molecule has 3 rings (SSSR count). The largest absolute Gasteiger partial charge is 0.496 e. The highest BCUT2D eigenvalue weighted by Crippen LogP contribution is 2.35. The first kappa shape index (κ1) is 17.9. The first-order valence-corrected chi connectivity index (χ1v) is 9.15. The second-order valence-corrected chi connectivity index (χ2v) is 7.16. The van der Waals surface area contributed by atoms with Crippen LogP contribution in [0, 0.1) is 0 Å². The number of halogens is 1. The van der Waals surface area contributed by atoms with Crippen LogP contribution in [0.3, 0.4) is 0 Å². The lowest BCUT2D eigenvalue weighted by Gasteiger charge is -2.16. The van der Waals surface area contributed by atoms with Crippen LogP contribution in [-0.4, -0.2) is 30.0 Å². The minimum absolute atomic E-state index is 0.0584. The molecular formula is C18H18ClNO4S. The van der Waals surface area contributed by atoms with Gasteiger partial charge >= 0.3 is 5.97 Å². The van der Waals surface area contributed by atoms with Crippen LogP contribution < -0.4 is 14.8 Å². The van der Waals surface area contributed by atoms with Crippen molar-refractivity contribution in [1.29, 1.82) is 0 Å². The zero-order valence-corrected chi connectivity index (χ0v) is 15.1. The molecule has 5 nitrogen and oxygen atoms in total. The molecule has 0 saturated carbocycles. The van der Waals surface area contributed by atoms with Gasteiger partial charge in [0.05, 0.1) is 12.5 Å². The molecule has 1 saturated heterocycles. The van der Waals surface area contributed by atoms with Crippen LogP contribution >= 0.6 is 23.4 Å². The van der Waals surface area contributed by atoms with Gasteiger partial charge in [-0.25, -0.2) is 0 Å². The molecular weight excluding hydrogens is 362 g/mol. The molecule has 25 heavy (non-hydrogen) atoms. The number of aliphatic carboxylic acids is 1. The van der Waals surface area contributed by atoms with Gasteiger partial charge < -0.3 is 14.6 Å². The molecule has 1 aliphatic heterocycles. The Kier molecular flexibility index (Phi) is 5.73. The SMILES string of the molecule is COc1ccc(C2NC(C(=O)O)CS2)cc1COc1cccc(Cl)c1. The monoisotopic (exact) mass is 379 g/mol. The van der Waals surface area contributed by atoms with Crippen molar-refractivity contribution in [2.24, 2.45) is 0 Å². The molecule has 1 heterocycles. The lowest BCUT2D eigenvalue weighted by Crippen LogP contribution is -2.33. The molecule has 0 radical (unpaired) electrons. The van der Waals surface area contributed by atoms with E-state index in [1.54, 1.807) is 31.0 Å². The van der Waals surface area contributed by atoms with Crippen LogP contribution in [0.15, 0.2) is 42.5 Å². The predicted molar refractivity (Wildman–Crippen MR) is 98.5 cm³/mol. The summed E-state index contributed by atoms with van der Waals surface area (Å²) in [7, 11) is 1.61. The number of rotatable bonds is 6. The Balaban J connectivity index is 1.75. The van der Waals surface area contributed by atoms with Gasteiger partial charge in [0.15, 0.2) is 0 Å².